The summed E-state index contributed by atoms with van der Waals surface area (Å²) < 4.78 is 35.0. The van der Waals surface area contributed by atoms with Crippen LogP contribution in [-0.4, -0.2) is 39.0 Å². The first-order valence-electron chi connectivity index (χ1n) is 8.74. The van der Waals surface area contributed by atoms with E-state index in [1.165, 1.54) is 19.2 Å². The van der Waals surface area contributed by atoms with Gasteiger partial charge in [-0.1, -0.05) is 12.1 Å². The van der Waals surface area contributed by atoms with Crippen LogP contribution in [-0.2, 0) is 21.3 Å². The molecule has 0 saturated carbocycles. The molecular formula is C20H20N2O6S. The molecule has 8 nitrogen and oxygen atoms in total. The summed E-state index contributed by atoms with van der Waals surface area (Å²) in [6.07, 6.45) is 0.609. The molecule has 0 fully saturated rings. The number of primary sulfonamides is 1. The molecule has 1 aromatic heterocycles. The molecule has 0 aliphatic heterocycles. The lowest BCUT2D eigenvalue weighted by Gasteiger charge is -2.09. The Hall–Kier alpha value is -3.17. The molecular weight excluding hydrogens is 396 g/mol. The Morgan fingerprint density at radius 2 is 1.86 bits per heavy atom. The molecule has 0 amide bonds. The second-order valence-electron chi connectivity index (χ2n) is 6.26. The van der Waals surface area contributed by atoms with E-state index < -0.39 is 16.0 Å². The molecule has 29 heavy (non-hydrogen) atoms. The van der Waals surface area contributed by atoms with Gasteiger partial charge in [-0.3, -0.25) is 4.79 Å². The first kappa shape index (κ1) is 20.6. The molecule has 0 spiro atoms. The van der Waals surface area contributed by atoms with Gasteiger partial charge in [-0.05, 0) is 36.8 Å². The number of methoxy groups -OCH3 is 1. The fourth-order valence-corrected chi connectivity index (χ4v) is 3.67. The second kappa shape index (κ2) is 8.06. The molecule has 0 atom stereocenters. The summed E-state index contributed by atoms with van der Waals surface area (Å²) in [4.78, 5) is 24.4. The van der Waals surface area contributed by atoms with E-state index in [9.17, 15) is 18.0 Å². The van der Waals surface area contributed by atoms with Gasteiger partial charge in [-0.2, -0.15) is 0 Å². The van der Waals surface area contributed by atoms with E-state index in [2.05, 4.69) is 0 Å². The van der Waals surface area contributed by atoms with Crippen LogP contribution in [0, 0.1) is 0 Å². The van der Waals surface area contributed by atoms with Gasteiger partial charge in [0.2, 0.25) is 10.0 Å². The number of nitrogens with zero attached hydrogens (tertiary/aromatic N) is 1. The zero-order valence-corrected chi connectivity index (χ0v) is 16.7. The zero-order chi connectivity index (χ0) is 21.2. The lowest BCUT2D eigenvalue weighted by atomic mass is 10.1. The first-order valence-corrected chi connectivity index (χ1v) is 10.3. The number of carbonyl (C=O) groups is 2. The van der Waals surface area contributed by atoms with Crippen molar-refractivity contribution in [2.75, 3.05) is 13.7 Å². The molecule has 9 heteroatoms. The van der Waals surface area contributed by atoms with Crippen molar-refractivity contribution in [2.24, 2.45) is 5.14 Å². The summed E-state index contributed by atoms with van der Waals surface area (Å²) in [6.45, 7) is 2.09. The van der Waals surface area contributed by atoms with Gasteiger partial charge in [0.1, 0.15) is 5.75 Å². The van der Waals surface area contributed by atoms with Crippen molar-refractivity contribution in [3.8, 4) is 5.75 Å². The maximum atomic E-state index is 12.5. The summed E-state index contributed by atoms with van der Waals surface area (Å²) in [5, 5.41) is 5.69. The molecule has 0 unspecified atom stereocenters. The van der Waals surface area contributed by atoms with E-state index in [0.717, 1.165) is 5.56 Å². The average Bonchev–Trinajstić information content (AvgIpc) is 3.00. The maximum absolute atomic E-state index is 12.5. The number of nitrogens with two attached hydrogens (primary N) is 1. The molecule has 0 saturated heterocycles. The Kier molecular flexibility index (Phi) is 5.71. The highest BCUT2D eigenvalue weighted by atomic mass is 32.2. The zero-order valence-electron chi connectivity index (χ0n) is 15.9. The van der Waals surface area contributed by atoms with Crippen LogP contribution in [0.4, 0.5) is 0 Å². The number of carbonyl (C=O) groups excluding carboxylic acids is 2. The normalized spacial score (nSPS) is 11.4. The number of hydrogen-bond acceptors (Lipinski definition) is 6. The lowest BCUT2D eigenvalue weighted by molar-refractivity contribution is 0.0526. The minimum atomic E-state index is -3.80. The van der Waals surface area contributed by atoms with Crippen LogP contribution in [0.25, 0.3) is 10.9 Å². The van der Waals surface area contributed by atoms with Crippen molar-refractivity contribution in [1.82, 2.24) is 4.57 Å². The predicted octanol–water partition coefficient (Wildman–Crippen LogP) is 2.33. The maximum Gasteiger partial charge on any atom is 0.341 e. The van der Waals surface area contributed by atoms with Crippen LogP contribution in [0.2, 0.25) is 0 Å². The van der Waals surface area contributed by atoms with Crippen LogP contribution in [0.3, 0.4) is 0 Å². The van der Waals surface area contributed by atoms with Crippen molar-refractivity contribution in [3.63, 3.8) is 0 Å². The van der Waals surface area contributed by atoms with Gasteiger partial charge < -0.3 is 14.0 Å². The van der Waals surface area contributed by atoms with Gasteiger partial charge in [-0.15, -0.1) is 0 Å². The molecule has 0 radical (unpaired) electrons. The largest absolute Gasteiger partial charge is 0.497 e. The molecule has 3 rings (SSSR count). The highest BCUT2D eigenvalue weighted by Gasteiger charge is 2.24. The van der Waals surface area contributed by atoms with Gasteiger partial charge >= 0.3 is 5.97 Å². The molecule has 3 aromatic rings. The summed E-state index contributed by atoms with van der Waals surface area (Å²) in [5.74, 6) is -0.0261. The van der Waals surface area contributed by atoms with Gasteiger partial charge in [0, 0.05) is 18.0 Å². The minimum absolute atomic E-state index is 0.0110. The SMILES string of the molecule is CCOC(=O)c1c(C=O)n(Cc2ccc(S(N)(=O)=O)cc2)c2cc(OC)ccc12. The minimum Gasteiger partial charge on any atom is -0.497 e. The molecule has 152 valence electrons. The van der Waals surface area contributed by atoms with Crippen molar-refractivity contribution < 1.29 is 27.5 Å². The Balaban J connectivity index is 2.17. The lowest BCUT2D eigenvalue weighted by Crippen LogP contribution is -2.12. The highest BCUT2D eigenvalue weighted by molar-refractivity contribution is 7.89. The number of aldehydes is 1. The van der Waals surface area contributed by atoms with Crippen LogP contribution < -0.4 is 9.88 Å². The van der Waals surface area contributed by atoms with Gasteiger partial charge in [0.25, 0.3) is 0 Å². The van der Waals surface area contributed by atoms with Crippen LogP contribution in [0.15, 0.2) is 47.4 Å². The summed E-state index contributed by atoms with van der Waals surface area (Å²) in [6, 6.07) is 11.1. The van der Waals surface area contributed by atoms with Crippen LogP contribution in [0.1, 0.15) is 33.3 Å². The topological polar surface area (TPSA) is 118 Å². The van der Waals surface area contributed by atoms with E-state index in [4.69, 9.17) is 14.6 Å². The van der Waals surface area contributed by atoms with Crippen molar-refractivity contribution in [3.05, 3.63) is 59.3 Å². The third-order valence-corrected chi connectivity index (χ3v) is 5.42. The molecule has 2 N–H and O–H groups in total. The molecule has 2 aromatic carbocycles. The summed E-state index contributed by atoms with van der Waals surface area (Å²) in [5.41, 5.74) is 1.68. The monoisotopic (exact) mass is 416 g/mol. The smallest absolute Gasteiger partial charge is 0.341 e. The average molecular weight is 416 g/mol. The van der Waals surface area contributed by atoms with Crippen LogP contribution >= 0.6 is 0 Å². The van der Waals surface area contributed by atoms with E-state index >= 15 is 0 Å². The van der Waals surface area contributed by atoms with Crippen molar-refractivity contribution >= 4 is 33.2 Å². The number of sulfonamides is 1. The molecule has 0 aliphatic carbocycles. The van der Waals surface area contributed by atoms with Gasteiger partial charge in [0.05, 0.1) is 35.4 Å². The van der Waals surface area contributed by atoms with Crippen LogP contribution in [0.5, 0.6) is 5.75 Å². The highest BCUT2D eigenvalue weighted by Crippen LogP contribution is 2.30. The Bertz CT molecular complexity index is 1180. The number of hydrogen-bond donors (Lipinski definition) is 1. The Morgan fingerprint density at radius 1 is 1.17 bits per heavy atom. The molecule has 0 bridgehead atoms. The van der Waals surface area contributed by atoms with Gasteiger partial charge in [0.15, 0.2) is 6.29 Å². The quantitative estimate of drug-likeness (QED) is 0.467. The number of aromatic nitrogens is 1. The fraction of sp³-hybridized carbons (Fsp3) is 0.200. The van der Waals surface area contributed by atoms with Crippen molar-refractivity contribution in [1.29, 1.82) is 0 Å². The number of ether oxygens (including phenoxy) is 2. The Labute approximate surface area is 167 Å². The number of benzene rings is 2. The third-order valence-electron chi connectivity index (χ3n) is 4.50. The van der Waals surface area contributed by atoms with E-state index in [1.54, 1.807) is 41.8 Å². The van der Waals surface area contributed by atoms with Crippen molar-refractivity contribution in [2.45, 2.75) is 18.4 Å². The number of fused-ring (bicyclic) bond motifs is 1. The number of esters is 1. The number of rotatable bonds is 7. The Morgan fingerprint density at radius 3 is 2.41 bits per heavy atom. The van der Waals surface area contributed by atoms with E-state index in [1.807, 2.05) is 0 Å². The summed E-state index contributed by atoms with van der Waals surface area (Å²) in [7, 11) is -2.28. The molecule has 1 heterocycles. The molecule has 0 aliphatic rings. The van der Waals surface area contributed by atoms with E-state index in [0.29, 0.717) is 22.9 Å². The van der Waals surface area contributed by atoms with E-state index in [-0.39, 0.29) is 29.3 Å². The predicted molar refractivity (Wildman–Crippen MR) is 107 cm³/mol. The fourth-order valence-electron chi connectivity index (χ4n) is 3.15. The third kappa shape index (κ3) is 4.01. The second-order valence-corrected chi connectivity index (χ2v) is 7.82. The standard InChI is InChI=1S/C20H20N2O6S/c1-3-28-20(24)19-16-9-6-14(27-2)10-17(16)22(18(19)12-23)11-13-4-7-15(8-5-13)29(21,25)26/h4-10,12H,3,11H2,1-2H3,(H2,21,25,26). The van der Waals surface area contributed by atoms with Gasteiger partial charge in [-0.25, -0.2) is 18.4 Å². The first-order chi connectivity index (χ1) is 13.8. The summed E-state index contributed by atoms with van der Waals surface area (Å²) >= 11 is 0.